The predicted molar refractivity (Wildman–Crippen MR) is 75.4 cm³/mol. The molecule has 0 saturated carbocycles. The predicted octanol–water partition coefficient (Wildman–Crippen LogP) is 2.85. The molecule has 0 aliphatic heterocycles. The maximum absolute atomic E-state index is 5.84. The van der Waals surface area contributed by atoms with Crippen LogP contribution in [0.4, 0.5) is 0 Å². The number of nitrogens with one attached hydrogen (secondary N) is 1. The molecule has 0 amide bonds. The fraction of sp³-hybridized carbons (Fsp3) is 0.429. The number of rotatable bonds is 6. The summed E-state index contributed by atoms with van der Waals surface area (Å²) in [7, 11) is 0. The molecule has 1 N–H and O–H groups in total. The van der Waals surface area contributed by atoms with Gasteiger partial charge in [-0.25, -0.2) is 0 Å². The molecule has 0 fully saturated rings. The van der Waals surface area contributed by atoms with E-state index in [-0.39, 0.29) is 0 Å². The van der Waals surface area contributed by atoms with Crippen LogP contribution in [-0.2, 0) is 12.8 Å². The van der Waals surface area contributed by atoms with Crippen LogP contribution >= 0.6 is 11.6 Å². The van der Waals surface area contributed by atoms with Gasteiger partial charge in [0.1, 0.15) is 0 Å². The molecule has 1 aromatic heterocycles. The second-order valence-corrected chi connectivity index (χ2v) is 5.19. The Morgan fingerprint density at radius 1 is 1.16 bits per heavy atom. The lowest BCUT2D eigenvalue weighted by molar-refractivity contribution is 0.446. The van der Waals surface area contributed by atoms with Crippen LogP contribution in [0.2, 0.25) is 5.02 Å². The SMILES string of the molecule is CC(C)NCCc1nnc(Cc2ccc(Cl)cc2)o1. The van der Waals surface area contributed by atoms with E-state index in [0.717, 1.165) is 23.6 Å². The molecule has 102 valence electrons. The smallest absolute Gasteiger partial charge is 0.220 e. The van der Waals surface area contributed by atoms with Gasteiger partial charge in [-0.3, -0.25) is 0 Å². The van der Waals surface area contributed by atoms with Crippen LogP contribution in [0.25, 0.3) is 0 Å². The summed E-state index contributed by atoms with van der Waals surface area (Å²) in [5.74, 6) is 1.32. The van der Waals surface area contributed by atoms with E-state index in [4.69, 9.17) is 16.0 Å². The molecule has 0 radical (unpaired) electrons. The Morgan fingerprint density at radius 2 is 1.84 bits per heavy atom. The van der Waals surface area contributed by atoms with Gasteiger partial charge in [-0.2, -0.15) is 0 Å². The highest BCUT2D eigenvalue weighted by molar-refractivity contribution is 6.30. The summed E-state index contributed by atoms with van der Waals surface area (Å²) >= 11 is 5.84. The van der Waals surface area contributed by atoms with Crippen LogP contribution in [-0.4, -0.2) is 22.8 Å². The van der Waals surface area contributed by atoms with Crippen molar-refractivity contribution in [3.05, 3.63) is 46.6 Å². The Labute approximate surface area is 118 Å². The summed E-state index contributed by atoms with van der Waals surface area (Å²) in [4.78, 5) is 0. The Balaban J connectivity index is 1.88. The first-order chi connectivity index (χ1) is 9.13. The topological polar surface area (TPSA) is 51.0 Å². The van der Waals surface area contributed by atoms with Gasteiger partial charge in [-0.05, 0) is 17.7 Å². The van der Waals surface area contributed by atoms with Gasteiger partial charge in [0.2, 0.25) is 11.8 Å². The minimum Gasteiger partial charge on any atom is -0.425 e. The molecular weight excluding hydrogens is 262 g/mol. The molecule has 0 bridgehead atoms. The summed E-state index contributed by atoms with van der Waals surface area (Å²) in [5, 5.41) is 12.1. The van der Waals surface area contributed by atoms with Crippen LogP contribution in [0.15, 0.2) is 28.7 Å². The molecule has 0 spiro atoms. The molecule has 0 aliphatic rings. The van der Waals surface area contributed by atoms with Crippen LogP contribution in [0, 0.1) is 0 Å². The van der Waals surface area contributed by atoms with E-state index in [0.29, 0.717) is 24.2 Å². The third-order valence-corrected chi connectivity index (χ3v) is 2.92. The highest BCUT2D eigenvalue weighted by atomic mass is 35.5. The zero-order chi connectivity index (χ0) is 13.7. The van der Waals surface area contributed by atoms with Crippen LogP contribution < -0.4 is 5.32 Å². The quantitative estimate of drug-likeness (QED) is 0.883. The summed E-state index contributed by atoms with van der Waals surface area (Å²) < 4.78 is 5.60. The fourth-order valence-corrected chi connectivity index (χ4v) is 1.83. The molecule has 2 rings (SSSR count). The molecule has 0 saturated heterocycles. The summed E-state index contributed by atoms with van der Waals surface area (Å²) in [5.41, 5.74) is 1.11. The van der Waals surface area contributed by atoms with E-state index in [1.165, 1.54) is 0 Å². The molecular formula is C14H18ClN3O. The van der Waals surface area contributed by atoms with Crippen molar-refractivity contribution in [2.24, 2.45) is 0 Å². The van der Waals surface area contributed by atoms with Crippen molar-refractivity contribution >= 4 is 11.6 Å². The molecule has 2 aromatic rings. The lowest BCUT2D eigenvalue weighted by atomic mass is 10.1. The van der Waals surface area contributed by atoms with Crippen LogP contribution in [0.5, 0.6) is 0 Å². The Hall–Kier alpha value is -1.39. The second kappa shape index (κ2) is 6.68. The zero-order valence-electron chi connectivity index (χ0n) is 11.2. The molecule has 0 atom stereocenters. The van der Waals surface area contributed by atoms with Gasteiger partial charge < -0.3 is 9.73 Å². The van der Waals surface area contributed by atoms with Crippen molar-refractivity contribution in [3.8, 4) is 0 Å². The first-order valence-electron chi connectivity index (χ1n) is 6.42. The zero-order valence-corrected chi connectivity index (χ0v) is 11.9. The Kier molecular flexibility index (Phi) is 4.93. The molecule has 19 heavy (non-hydrogen) atoms. The summed E-state index contributed by atoms with van der Waals surface area (Å²) in [6.45, 7) is 5.07. The number of hydrogen-bond donors (Lipinski definition) is 1. The van der Waals surface area contributed by atoms with Crippen molar-refractivity contribution < 1.29 is 4.42 Å². The maximum Gasteiger partial charge on any atom is 0.220 e. The fourth-order valence-electron chi connectivity index (χ4n) is 1.71. The number of hydrogen-bond acceptors (Lipinski definition) is 4. The molecule has 0 unspecified atom stereocenters. The van der Waals surface area contributed by atoms with Gasteiger partial charge in [0.25, 0.3) is 0 Å². The number of nitrogens with zero attached hydrogens (tertiary/aromatic N) is 2. The molecule has 1 aromatic carbocycles. The number of aromatic nitrogens is 2. The second-order valence-electron chi connectivity index (χ2n) is 4.75. The van der Waals surface area contributed by atoms with Crippen LogP contribution in [0.3, 0.4) is 0 Å². The van der Waals surface area contributed by atoms with Crippen molar-refractivity contribution in [1.29, 1.82) is 0 Å². The van der Waals surface area contributed by atoms with E-state index < -0.39 is 0 Å². The van der Waals surface area contributed by atoms with E-state index in [2.05, 4.69) is 29.4 Å². The summed E-state index contributed by atoms with van der Waals surface area (Å²) in [6.07, 6.45) is 1.40. The van der Waals surface area contributed by atoms with Crippen molar-refractivity contribution in [3.63, 3.8) is 0 Å². The number of halogens is 1. The van der Waals surface area contributed by atoms with Crippen molar-refractivity contribution in [1.82, 2.24) is 15.5 Å². The lowest BCUT2D eigenvalue weighted by Crippen LogP contribution is -2.25. The minimum atomic E-state index is 0.469. The van der Waals surface area contributed by atoms with E-state index in [9.17, 15) is 0 Å². The van der Waals surface area contributed by atoms with Gasteiger partial charge in [0, 0.05) is 24.0 Å². The first kappa shape index (κ1) is 14.0. The Bertz CT molecular complexity index is 508. The molecule has 1 heterocycles. The normalized spacial score (nSPS) is 11.2. The highest BCUT2D eigenvalue weighted by Gasteiger charge is 2.07. The maximum atomic E-state index is 5.84. The molecule has 0 aliphatic carbocycles. The molecule has 5 heteroatoms. The van der Waals surface area contributed by atoms with Crippen molar-refractivity contribution in [2.75, 3.05) is 6.54 Å². The van der Waals surface area contributed by atoms with E-state index >= 15 is 0 Å². The third kappa shape index (κ3) is 4.65. The highest BCUT2D eigenvalue weighted by Crippen LogP contribution is 2.13. The minimum absolute atomic E-state index is 0.469. The average Bonchev–Trinajstić information content (AvgIpc) is 2.79. The van der Waals surface area contributed by atoms with Crippen LogP contribution in [0.1, 0.15) is 31.2 Å². The largest absolute Gasteiger partial charge is 0.425 e. The summed E-state index contributed by atoms with van der Waals surface area (Å²) in [6, 6.07) is 8.12. The van der Waals surface area contributed by atoms with Gasteiger partial charge in [-0.1, -0.05) is 37.6 Å². The van der Waals surface area contributed by atoms with Gasteiger partial charge in [-0.15, -0.1) is 10.2 Å². The Morgan fingerprint density at radius 3 is 2.53 bits per heavy atom. The molecule has 4 nitrogen and oxygen atoms in total. The monoisotopic (exact) mass is 279 g/mol. The van der Waals surface area contributed by atoms with Gasteiger partial charge in [0.15, 0.2) is 0 Å². The van der Waals surface area contributed by atoms with E-state index in [1.54, 1.807) is 0 Å². The standard InChI is InChI=1S/C14H18ClN3O/c1-10(2)16-8-7-13-17-18-14(19-13)9-11-3-5-12(15)6-4-11/h3-6,10,16H,7-9H2,1-2H3. The third-order valence-electron chi connectivity index (χ3n) is 2.67. The number of benzene rings is 1. The van der Waals surface area contributed by atoms with E-state index in [1.807, 2.05) is 24.3 Å². The van der Waals surface area contributed by atoms with Gasteiger partial charge in [0.05, 0.1) is 6.42 Å². The van der Waals surface area contributed by atoms with Crippen molar-refractivity contribution in [2.45, 2.75) is 32.7 Å². The van der Waals surface area contributed by atoms with Gasteiger partial charge >= 0.3 is 0 Å². The average molecular weight is 280 g/mol. The lowest BCUT2D eigenvalue weighted by Gasteiger charge is -2.04. The first-order valence-corrected chi connectivity index (χ1v) is 6.80.